The zero-order chi connectivity index (χ0) is 15.1. The van der Waals surface area contributed by atoms with Crippen molar-refractivity contribution in [3.8, 4) is 0 Å². The van der Waals surface area contributed by atoms with Gasteiger partial charge >= 0.3 is 0 Å². The topological polar surface area (TPSA) is 99.4 Å². The van der Waals surface area contributed by atoms with Crippen LogP contribution in [0.25, 0.3) is 0 Å². The van der Waals surface area contributed by atoms with Crippen molar-refractivity contribution < 1.29 is 29.9 Å². The molecular weight excluding hydrogens is 264 g/mol. The highest BCUT2D eigenvalue weighted by Crippen LogP contribution is 2.23. The van der Waals surface area contributed by atoms with Crippen molar-refractivity contribution in [1.29, 1.82) is 0 Å². The van der Waals surface area contributed by atoms with E-state index in [4.69, 9.17) is 14.6 Å². The van der Waals surface area contributed by atoms with Crippen molar-refractivity contribution in [1.82, 2.24) is 0 Å². The molecule has 0 bridgehead atoms. The molecule has 0 amide bonds. The van der Waals surface area contributed by atoms with E-state index in [1.54, 1.807) is 0 Å². The van der Waals surface area contributed by atoms with E-state index >= 15 is 0 Å². The molecule has 20 heavy (non-hydrogen) atoms. The molecule has 0 spiro atoms. The Kier molecular flexibility index (Phi) is 7.94. The Bertz CT molecular complexity index is 260. The van der Waals surface area contributed by atoms with Crippen LogP contribution in [0.1, 0.15) is 39.5 Å². The Morgan fingerprint density at radius 3 is 2.35 bits per heavy atom. The number of rotatable bonds is 8. The van der Waals surface area contributed by atoms with Gasteiger partial charge in [0.15, 0.2) is 6.29 Å². The first-order valence-corrected chi connectivity index (χ1v) is 7.47. The molecule has 0 aliphatic carbocycles. The molecule has 0 saturated carbocycles. The van der Waals surface area contributed by atoms with Gasteiger partial charge in [-0.15, -0.1) is 0 Å². The number of ether oxygens (including phenoxy) is 2. The van der Waals surface area contributed by atoms with E-state index in [1.165, 1.54) is 0 Å². The molecule has 6 atom stereocenters. The van der Waals surface area contributed by atoms with Crippen molar-refractivity contribution in [2.75, 3.05) is 13.2 Å². The molecule has 0 aromatic carbocycles. The van der Waals surface area contributed by atoms with Crippen molar-refractivity contribution >= 4 is 0 Å². The molecule has 1 saturated heterocycles. The monoisotopic (exact) mass is 292 g/mol. The lowest BCUT2D eigenvalue weighted by Crippen LogP contribution is -2.59. The fraction of sp³-hybridized carbons (Fsp3) is 1.00. The highest BCUT2D eigenvalue weighted by atomic mass is 16.7. The third-order valence-electron chi connectivity index (χ3n) is 3.89. The summed E-state index contributed by atoms with van der Waals surface area (Å²) in [5, 5.41) is 38.3. The average molecular weight is 292 g/mol. The molecule has 1 fully saturated rings. The zero-order valence-corrected chi connectivity index (χ0v) is 12.3. The number of unbranched alkanes of at least 4 members (excludes halogenated alkanes) is 1. The predicted molar refractivity (Wildman–Crippen MR) is 73.0 cm³/mol. The molecule has 0 radical (unpaired) electrons. The average Bonchev–Trinajstić information content (AvgIpc) is 2.47. The van der Waals surface area contributed by atoms with Crippen molar-refractivity contribution in [2.45, 2.75) is 70.2 Å². The maximum atomic E-state index is 9.84. The standard InChI is InChI=1S/C14H28O6/c1-3-5-6-9(4-2)8-19-14-13(18)12(17)11(16)10(7-15)20-14/h9-18H,3-8H2,1-2H3/t9-,10-,11-,12+,13-,14-/m1/s1. The van der Waals surface area contributed by atoms with Crippen LogP contribution >= 0.6 is 0 Å². The number of aliphatic hydroxyl groups excluding tert-OH is 4. The third kappa shape index (κ3) is 4.65. The first kappa shape index (κ1) is 17.8. The quantitative estimate of drug-likeness (QED) is 0.503. The van der Waals surface area contributed by atoms with Gasteiger partial charge in [-0.25, -0.2) is 0 Å². The van der Waals surface area contributed by atoms with Crippen LogP contribution in [0, 0.1) is 5.92 Å². The summed E-state index contributed by atoms with van der Waals surface area (Å²) in [5.41, 5.74) is 0. The van der Waals surface area contributed by atoms with Crippen LogP contribution in [-0.2, 0) is 9.47 Å². The van der Waals surface area contributed by atoms with Crippen molar-refractivity contribution in [3.05, 3.63) is 0 Å². The molecule has 1 aliphatic heterocycles. The van der Waals surface area contributed by atoms with E-state index in [2.05, 4.69) is 13.8 Å². The van der Waals surface area contributed by atoms with E-state index < -0.39 is 37.3 Å². The van der Waals surface area contributed by atoms with Gasteiger partial charge in [-0.05, 0) is 12.3 Å². The molecule has 1 heterocycles. The Balaban J connectivity index is 2.48. The SMILES string of the molecule is CCCC[C@@H](CC)CO[C@@H]1O[C@H](CO)[C@@H](O)[C@H](O)[C@H]1O. The zero-order valence-electron chi connectivity index (χ0n) is 12.3. The second-order valence-electron chi connectivity index (χ2n) is 5.45. The van der Waals surface area contributed by atoms with Crippen LogP contribution in [0.4, 0.5) is 0 Å². The number of hydrogen-bond donors (Lipinski definition) is 4. The summed E-state index contributed by atoms with van der Waals surface area (Å²) in [4.78, 5) is 0. The summed E-state index contributed by atoms with van der Waals surface area (Å²) in [6, 6.07) is 0. The van der Waals surface area contributed by atoms with E-state index in [-0.39, 0.29) is 0 Å². The Morgan fingerprint density at radius 2 is 1.80 bits per heavy atom. The Morgan fingerprint density at radius 1 is 1.10 bits per heavy atom. The molecule has 0 unspecified atom stereocenters. The number of aliphatic hydroxyl groups is 4. The summed E-state index contributed by atoms with van der Waals surface area (Å²) in [6.07, 6.45) is -1.68. The van der Waals surface area contributed by atoms with Gasteiger partial charge in [0.05, 0.1) is 13.2 Å². The van der Waals surface area contributed by atoms with Crippen LogP contribution in [0.2, 0.25) is 0 Å². The molecule has 6 nitrogen and oxygen atoms in total. The van der Waals surface area contributed by atoms with Crippen LogP contribution in [-0.4, -0.2) is 64.3 Å². The molecule has 0 aromatic rings. The lowest BCUT2D eigenvalue weighted by Gasteiger charge is -2.40. The van der Waals surface area contributed by atoms with Crippen LogP contribution in [0.5, 0.6) is 0 Å². The lowest BCUT2D eigenvalue weighted by atomic mass is 9.98. The molecule has 1 aliphatic rings. The van der Waals surface area contributed by atoms with E-state index in [1.807, 2.05) is 0 Å². The minimum absolute atomic E-state index is 0.377. The molecule has 6 heteroatoms. The molecule has 4 N–H and O–H groups in total. The summed E-state index contributed by atoms with van der Waals surface area (Å²) < 4.78 is 10.8. The fourth-order valence-corrected chi connectivity index (χ4v) is 2.33. The van der Waals surface area contributed by atoms with E-state index in [0.29, 0.717) is 12.5 Å². The lowest BCUT2D eigenvalue weighted by molar-refractivity contribution is -0.303. The maximum Gasteiger partial charge on any atom is 0.186 e. The normalized spacial score (nSPS) is 36.0. The highest BCUT2D eigenvalue weighted by molar-refractivity contribution is 4.88. The van der Waals surface area contributed by atoms with Gasteiger partial charge in [0.2, 0.25) is 0 Å². The first-order valence-electron chi connectivity index (χ1n) is 7.47. The van der Waals surface area contributed by atoms with Crippen LogP contribution in [0.3, 0.4) is 0 Å². The maximum absolute atomic E-state index is 9.84. The van der Waals surface area contributed by atoms with Gasteiger partial charge < -0.3 is 29.9 Å². The van der Waals surface area contributed by atoms with Crippen molar-refractivity contribution in [3.63, 3.8) is 0 Å². The second kappa shape index (κ2) is 8.92. The van der Waals surface area contributed by atoms with Crippen LogP contribution in [0.15, 0.2) is 0 Å². The summed E-state index contributed by atoms with van der Waals surface area (Å²) >= 11 is 0. The van der Waals surface area contributed by atoms with E-state index in [0.717, 1.165) is 25.7 Å². The first-order chi connectivity index (χ1) is 9.54. The molecule has 120 valence electrons. The molecular formula is C14H28O6. The fourth-order valence-electron chi connectivity index (χ4n) is 2.33. The van der Waals surface area contributed by atoms with Gasteiger partial charge in [-0.2, -0.15) is 0 Å². The molecule has 1 rings (SSSR count). The van der Waals surface area contributed by atoms with Crippen molar-refractivity contribution in [2.24, 2.45) is 5.92 Å². The summed E-state index contributed by atoms with van der Waals surface area (Å²) in [6.45, 7) is 4.21. The second-order valence-corrected chi connectivity index (χ2v) is 5.45. The van der Waals surface area contributed by atoms with Gasteiger partial charge in [-0.3, -0.25) is 0 Å². The summed E-state index contributed by atoms with van der Waals surface area (Å²) in [7, 11) is 0. The molecule has 0 aromatic heterocycles. The smallest absolute Gasteiger partial charge is 0.186 e. The Hall–Kier alpha value is -0.240. The van der Waals surface area contributed by atoms with Crippen LogP contribution < -0.4 is 0 Å². The van der Waals surface area contributed by atoms with Gasteiger partial charge in [0.25, 0.3) is 0 Å². The third-order valence-corrected chi connectivity index (χ3v) is 3.89. The summed E-state index contributed by atoms with van der Waals surface area (Å²) in [5.74, 6) is 0.377. The largest absolute Gasteiger partial charge is 0.394 e. The highest BCUT2D eigenvalue weighted by Gasteiger charge is 2.44. The predicted octanol–water partition coefficient (Wildman–Crippen LogP) is 0.0193. The number of hydrogen-bond acceptors (Lipinski definition) is 6. The van der Waals surface area contributed by atoms with E-state index in [9.17, 15) is 15.3 Å². The van der Waals surface area contributed by atoms with Gasteiger partial charge in [0.1, 0.15) is 24.4 Å². The minimum atomic E-state index is -1.37. The van der Waals surface area contributed by atoms with Gasteiger partial charge in [0, 0.05) is 0 Å². The Labute approximate surface area is 120 Å². The van der Waals surface area contributed by atoms with Gasteiger partial charge in [-0.1, -0.05) is 33.1 Å². The minimum Gasteiger partial charge on any atom is -0.394 e.